The number of carbonyl (C=O) groups is 2. The number of hydrogen-bond acceptors (Lipinski definition) is 3. The lowest BCUT2D eigenvalue weighted by Gasteiger charge is -2.30. The number of unbranched alkanes of at least 4 members (excludes halogenated alkanes) is 1. The number of rotatable bonds is 13. The molecule has 0 aliphatic rings. The third kappa shape index (κ3) is 8.78. The van der Waals surface area contributed by atoms with Gasteiger partial charge in [0.25, 0.3) is 0 Å². The molecule has 0 aliphatic carbocycles. The van der Waals surface area contributed by atoms with Crippen molar-refractivity contribution in [3.63, 3.8) is 0 Å². The van der Waals surface area contributed by atoms with Crippen LogP contribution in [0.2, 0.25) is 0 Å². The van der Waals surface area contributed by atoms with Crippen LogP contribution in [-0.4, -0.2) is 41.6 Å². The highest BCUT2D eigenvalue weighted by atomic mass is 32.2. The van der Waals surface area contributed by atoms with Crippen molar-refractivity contribution in [2.75, 3.05) is 18.8 Å². The van der Waals surface area contributed by atoms with Gasteiger partial charge >= 0.3 is 0 Å². The van der Waals surface area contributed by atoms with Crippen molar-refractivity contribution >= 4 is 23.6 Å². The van der Waals surface area contributed by atoms with Gasteiger partial charge in [0.05, 0.1) is 0 Å². The van der Waals surface area contributed by atoms with Crippen LogP contribution >= 0.6 is 11.8 Å². The van der Waals surface area contributed by atoms with Crippen molar-refractivity contribution in [3.05, 3.63) is 65.7 Å². The molecule has 0 saturated heterocycles. The van der Waals surface area contributed by atoms with E-state index in [1.54, 1.807) is 16.7 Å². The Kier molecular flexibility index (Phi) is 11.2. The highest BCUT2D eigenvalue weighted by molar-refractivity contribution is 7.99. The Morgan fingerprint density at radius 1 is 1.03 bits per heavy atom. The number of thioether (sulfide) groups is 1. The summed E-state index contributed by atoms with van der Waals surface area (Å²) < 4.78 is 0. The van der Waals surface area contributed by atoms with Crippen molar-refractivity contribution in [1.29, 1.82) is 0 Å². The van der Waals surface area contributed by atoms with Crippen molar-refractivity contribution in [2.24, 2.45) is 0 Å². The molecule has 2 rings (SSSR count). The second kappa shape index (κ2) is 13.9. The summed E-state index contributed by atoms with van der Waals surface area (Å²) in [5.41, 5.74) is 2.41. The zero-order valence-corrected chi connectivity index (χ0v) is 19.9. The number of amides is 2. The molecular weight excluding hydrogens is 404 g/mol. The molecule has 0 aromatic heterocycles. The van der Waals surface area contributed by atoms with Gasteiger partial charge in [-0.15, -0.1) is 11.8 Å². The van der Waals surface area contributed by atoms with Crippen LogP contribution in [0, 0.1) is 6.92 Å². The number of nitrogens with one attached hydrogen (secondary N) is 1. The SMILES string of the molecule is CCCCNC(=O)[C@@H](CC)N(CCc1ccccc1)C(=O)CCSc1ccc(C)cc1. The van der Waals surface area contributed by atoms with E-state index in [0.717, 1.165) is 19.3 Å². The van der Waals surface area contributed by atoms with Crippen molar-refractivity contribution in [1.82, 2.24) is 10.2 Å². The van der Waals surface area contributed by atoms with E-state index >= 15 is 0 Å². The molecule has 1 atom stereocenters. The number of hydrogen-bond donors (Lipinski definition) is 1. The Balaban J connectivity index is 2.02. The largest absolute Gasteiger partial charge is 0.354 e. The van der Waals surface area contributed by atoms with E-state index in [-0.39, 0.29) is 11.8 Å². The first-order valence-electron chi connectivity index (χ1n) is 11.4. The molecule has 0 bridgehead atoms. The van der Waals surface area contributed by atoms with E-state index in [1.165, 1.54) is 16.0 Å². The van der Waals surface area contributed by atoms with Gasteiger partial charge in [0.1, 0.15) is 6.04 Å². The maximum Gasteiger partial charge on any atom is 0.242 e. The zero-order valence-electron chi connectivity index (χ0n) is 19.1. The van der Waals surface area contributed by atoms with Gasteiger partial charge in [-0.25, -0.2) is 0 Å². The average Bonchev–Trinajstić information content (AvgIpc) is 2.78. The smallest absolute Gasteiger partial charge is 0.242 e. The molecule has 0 unspecified atom stereocenters. The summed E-state index contributed by atoms with van der Waals surface area (Å²) in [6.07, 6.45) is 3.77. The van der Waals surface area contributed by atoms with Gasteiger partial charge in [0.2, 0.25) is 11.8 Å². The zero-order chi connectivity index (χ0) is 22.5. The fourth-order valence-electron chi connectivity index (χ4n) is 3.44. The lowest BCUT2D eigenvalue weighted by molar-refractivity contribution is -0.140. The van der Waals surface area contributed by atoms with E-state index in [4.69, 9.17) is 0 Å². The first-order valence-corrected chi connectivity index (χ1v) is 12.3. The summed E-state index contributed by atoms with van der Waals surface area (Å²) in [6.45, 7) is 7.37. The van der Waals surface area contributed by atoms with Gasteiger partial charge in [0.15, 0.2) is 0 Å². The minimum Gasteiger partial charge on any atom is -0.354 e. The first kappa shape index (κ1) is 25.0. The first-order chi connectivity index (χ1) is 15.0. The molecule has 5 heteroatoms. The summed E-state index contributed by atoms with van der Waals surface area (Å²) in [7, 11) is 0. The molecule has 2 aromatic carbocycles. The molecule has 168 valence electrons. The highest BCUT2D eigenvalue weighted by Crippen LogP contribution is 2.20. The third-order valence-corrected chi connectivity index (χ3v) is 6.32. The predicted octanol–water partition coefficient (Wildman–Crippen LogP) is 5.24. The van der Waals surface area contributed by atoms with Gasteiger partial charge in [-0.2, -0.15) is 0 Å². The van der Waals surface area contributed by atoms with Crippen LogP contribution in [0.5, 0.6) is 0 Å². The van der Waals surface area contributed by atoms with Crippen molar-refractivity contribution in [2.45, 2.75) is 63.8 Å². The fourth-order valence-corrected chi connectivity index (χ4v) is 4.28. The van der Waals surface area contributed by atoms with E-state index in [0.29, 0.717) is 31.7 Å². The number of benzene rings is 2. The second-order valence-electron chi connectivity index (χ2n) is 7.80. The Bertz CT molecular complexity index is 793. The maximum atomic E-state index is 13.2. The molecule has 1 N–H and O–H groups in total. The van der Waals surface area contributed by atoms with Crippen molar-refractivity contribution in [3.8, 4) is 0 Å². The van der Waals surface area contributed by atoms with Crippen LogP contribution in [0.15, 0.2) is 59.5 Å². The van der Waals surface area contributed by atoms with E-state index in [2.05, 4.69) is 55.6 Å². The third-order valence-electron chi connectivity index (χ3n) is 5.31. The molecule has 0 radical (unpaired) electrons. The lowest BCUT2D eigenvalue weighted by Crippen LogP contribution is -2.50. The fraction of sp³-hybridized carbons (Fsp3) is 0.462. The lowest BCUT2D eigenvalue weighted by atomic mass is 10.1. The second-order valence-corrected chi connectivity index (χ2v) is 8.97. The van der Waals surface area contributed by atoms with Crippen LogP contribution in [-0.2, 0) is 16.0 Å². The number of nitrogens with zero attached hydrogens (tertiary/aromatic N) is 1. The molecule has 0 spiro atoms. The standard InChI is InChI=1S/C26H36N2O2S/c1-4-6-18-27-26(30)24(5-2)28(19-16-22-10-8-7-9-11-22)25(29)17-20-31-23-14-12-21(3)13-15-23/h7-15,24H,4-6,16-20H2,1-3H3,(H,27,30)/t24-/m1/s1. The van der Waals surface area contributed by atoms with E-state index < -0.39 is 6.04 Å². The molecule has 4 nitrogen and oxygen atoms in total. The molecule has 31 heavy (non-hydrogen) atoms. The van der Waals surface area contributed by atoms with Gasteiger partial charge in [-0.1, -0.05) is 68.3 Å². The summed E-state index contributed by atoms with van der Waals surface area (Å²) in [5.74, 6) is 0.717. The quantitative estimate of drug-likeness (QED) is 0.342. The molecule has 0 fully saturated rings. The Hall–Kier alpha value is -2.27. The van der Waals surface area contributed by atoms with E-state index in [1.807, 2.05) is 25.1 Å². The molecule has 0 heterocycles. The average molecular weight is 441 g/mol. The van der Waals surface area contributed by atoms with Crippen LogP contribution in [0.1, 0.15) is 50.7 Å². The topological polar surface area (TPSA) is 49.4 Å². The molecular formula is C26H36N2O2S. The Labute approximate surface area is 191 Å². The van der Waals surface area contributed by atoms with Crippen LogP contribution in [0.3, 0.4) is 0 Å². The summed E-state index contributed by atoms with van der Waals surface area (Å²) in [4.78, 5) is 29.0. The van der Waals surface area contributed by atoms with Crippen LogP contribution in [0.4, 0.5) is 0 Å². The Morgan fingerprint density at radius 2 is 1.74 bits per heavy atom. The molecule has 0 aliphatic heterocycles. The monoisotopic (exact) mass is 440 g/mol. The minimum absolute atomic E-state index is 0.0384. The summed E-state index contributed by atoms with van der Waals surface area (Å²) in [6, 6.07) is 18.1. The van der Waals surface area contributed by atoms with E-state index in [9.17, 15) is 9.59 Å². The summed E-state index contributed by atoms with van der Waals surface area (Å²) in [5, 5.41) is 3.02. The van der Waals surface area contributed by atoms with Gasteiger partial charge in [0, 0.05) is 30.2 Å². The van der Waals surface area contributed by atoms with Crippen molar-refractivity contribution < 1.29 is 9.59 Å². The van der Waals surface area contributed by atoms with Gasteiger partial charge in [-0.05, 0) is 43.9 Å². The van der Waals surface area contributed by atoms with Gasteiger partial charge in [-0.3, -0.25) is 9.59 Å². The van der Waals surface area contributed by atoms with Gasteiger partial charge < -0.3 is 10.2 Å². The molecule has 0 saturated carbocycles. The summed E-state index contributed by atoms with van der Waals surface area (Å²) >= 11 is 1.69. The normalized spacial score (nSPS) is 11.7. The Morgan fingerprint density at radius 3 is 2.39 bits per heavy atom. The number of carbonyl (C=O) groups excluding carboxylic acids is 2. The maximum absolute atomic E-state index is 13.2. The minimum atomic E-state index is -0.419. The number of aryl methyl sites for hydroxylation is 1. The molecule has 2 amide bonds. The van der Waals surface area contributed by atoms with Crippen LogP contribution < -0.4 is 5.32 Å². The van der Waals surface area contributed by atoms with Crippen LogP contribution in [0.25, 0.3) is 0 Å². The highest BCUT2D eigenvalue weighted by Gasteiger charge is 2.27. The molecule has 2 aromatic rings. The predicted molar refractivity (Wildman–Crippen MR) is 130 cm³/mol.